The molecule has 1 fully saturated rings. The van der Waals surface area contributed by atoms with Crippen molar-refractivity contribution in [2.45, 2.75) is 107 Å². The summed E-state index contributed by atoms with van der Waals surface area (Å²) in [5.41, 5.74) is 1.76. The highest BCUT2D eigenvalue weighted by Crippen LogP contribution is 2.62. The van der Waals surface area contributed by atoms with Crippen LogP contribution >= 0.6 is 11.8 Å². The molecular formula is C48H61N3O10S. The SMILES string of the molecule is C=CCOC12Oc3ccc(Oc4ccc(SC)cc4)cc3C3C(CCCCO)C(CCCCO)C=C(C(=NOC(C)(C)C)CC1N(CCC)C(=O)Oc1ccc([N+](=O)[O-])cc1)C32. The summed E-state index contributed by atoms with van der Waals surface area (Å²) in [6.45, 7) is 12.3. The van der Waals surface area contributed by atoms with Gasteiger partial charge in [0, 0.05) is 54.7 Å². The summed E-state index contributed by atoms with van der Waals surface area (Å²) in [7, 11) is 0. The molecule has 334 valence electrons. The van der Waals surface area contributed by atoms with E-state index in [-0.39, 0.29) is 62.0 Å². The van der Waals surface area contributed by atoms with Gasteiger partial charge in [-0.25, -0.2) is 4.79 Å². The number of oxime groups is 1. The maximum atomic E-state index is 14.6. The van der Waals surface area contributed by atoms with Crippen LogP contribution in [0.25, 0.3) is 0 Å². The van der Waals surface area contributed by atoms with Gasteiger partial charge in [-0.05, 0) is 131 Å². The van der Waals surface area contributed by atoms with E-state index in [1.165, 1.54) is 24.3 Å². The number of nitrogens with zero attached hydrogens (tertiary/aromatic N) is 3. The number of nitro groups is 1. The number of rotatable bonds is 20. The van der Waals surface area contributed by atoms with Crippen LogP contribution in [-0.4, -0.2) is 81.9 Å². The third-order valence-electron chi connectivity index (χ3n) is 11.7. The fraction of sp³-hybridized carbons (Fsp3) is 0.500. The first-order valence-corrected chi connectivity index (χ1v) is 22.9. The van der Waals surface area contributed by atoms with Crippen molar-refractivity contribution in [3.63, 3.8) is 0 Å². The van der Waals surface area contributed by atoms with Gasteiger partial charge in [0.1, 0.15) is 34.6 Å². The quantitative estimate of drug-likeness (QED) is 0.0365. The van der Waals surface area contributed by atoms with E-state index in [4.69, 9.17) is 28.9 Å². The number of unbranched alkanes of at least 4 members (excludes halogenated alkanes) is 2. The molecule has 14 heteroatoms. The van der Waals surface area contributed by atoms with Crippen molar-refractivity contribution in [2.75, 3.05) is 32.6 Å². The van der Waals surface area contributed by atoms with Gasteiger partial charge in [0.2, 0.25) is 5.79 Å². The topological polar surface area (TPSA) is 162 Å². The van der Waals surface area contributed by atoms with E-state index in [1.807, 2.05) is 70.3 Å². The first-order chi connectivity index (χ1) is 29.9. The Bertz CT molecular complexity index is 2070. The van der Waals surface area contributed by atoms with E-state index in [0.29, 0.717) is 42.2 Å². The second kappa shape index (κ2) is 21.0. The normalized spacial score (nSPS) is 23.3. The van der Waals surface area contributed by atoms with E-state index < -0.39 is 34.4 Å². The lowest BCUT2D eigenvalue weighted by molar-refractivity contribution is -0.384. The molecule has 1 heterocycles. The van der Waals surface area contributed by atoms with Crippen LogP contribution in [0.4, 0.5) is 10.5 Å². The first kappa shape index (κ1) is 46.6. The molecule has 6 atom stereocenters. The van der Waals surface area contributed by atoms with Crippen LogP contribution in [0.3, 0.4) is 0 Å². The van der Waals surface area contributed by atoms with Crippen LogP contribution in [0.5, 0.6) is 23.0 Å². The van der Waals surface area contributed by atoms with Crippen molar-refractivity contribution >= 4 is 29.3 Å². The van der Waals surface area contributed by atoms with Crippen molar-refractivity contribution in [1.82, 2.24) is 4.90 Å². The molecule has 1 aliphatic heterocycles. The molecule has 2 N–H and O–H groups in total. The minimum absolute atomic E-state index is 0.0229. The second-order valence-corrected chi connectivity index (χ2v) is 17.9. The number of fused-ring (bicyclic) bond motifs is 2. The van der Waals surface area contributed by atoms with Crippen molar-refractivity contribution < 1.29 is 43.7 Å². The average Bonchev–Trinajstić information content (AvgIpc) is 3.25. The van der Waals surface area contributed by atoms with Crippen LogP contribution < -0.4 is 14.2 Å². The predicted octanol–water partition coefficient (Wildman–Crippen LogP) is 10.5. The van der Waals surface area contributed by atoms with Gasteiger partial charge in [0.05, 0.1) is 23.2 Å². The summed E-state index contributed by atoms with van der Waals surface area (Å²) in [5, 5.41) is 36.2. The number of aliphatic hydroxyl groups is 2. The highest BCUT2D eigenvalue weighted by atomic mass is 32.2. The van der Waals surface area contributed by atoms with E-state index in [9.17, 15) is 25.1 Å². The summed E-state index contributed by atoms with van der Waals surface area (Å²) in [5.74, 6) is -0.0899. The molecule has 0 radical (unpaired) electrons. The molecule has 3 aromatic carbocycles. The number of aliphatic hydroxyl groups excluding tert-OH is 2. The van der Waals surface area contributed by atoms with E-state index in [0.717, 1.165) is 41.7 Å². The van der Waals surface area contributed by atoms with Crippen molar-refractivity contribution in [1.29, 1.82) is 0 Å². The zero-order valence-electron chi connectivity index (χ0n) is 36.5. The summed E-state index contributed by atoms with van der Waals surface area (Å²) in [6, 6.07) is 18.4. The minimum Gasteiger partial charge on any atom is -0.459 e. The molecular weight excluding hydrogens is 811 g/mol. The second-order valence-electron chi connectivity index (χ2n) is 17.1. The predicted molar refractivity (Wildman–Crippen MR) is 240 cm³/mol. The monoisotopic (exact) mass is 871 g/mol. The van der Waals surface area contributed by atoms with Gasteiger partial charge in [-0.2, -0.15) is 0 Å². The molecule has 2 aliphatic carbocycles. The Hall–Kier alpha value is -4.89. The molecule has 62 heavy (non-hydrogen) atoms. The fourth-order valence-corrected chi connectivity index (χ4v) is 9.50. The third kappa shape index (κ3) is 10.6. The van der Waals surface area contributed by atoms with Gasteiger partial charge in [-0.3, -0.25) is 15.0 Å². The minimum atomic E-state index is -1.48. The van der Waals surface area contributed by atoms with E-state index in [2.05, 4.69) is 18.7 Å². The molecule has 3 aromatic rings. The number of carbonyl (C=O) groups excluding carboxylic acids is 1. The van der Waals surface area contributed by atoms with Crippen molar-refractivity contribution in [2.24, 2.45) is 22.9 Å². The summed E-state index contributed by atoms with van der Waals surface area (Å²) in [6.07, 6.45) is 10.6. The van der Waals surface area contributed by atoms with Gasteiger partial charge < -0.3 is 34.0 Å². The first-order valence-electron chi connectivity index (χ1n) is 21.7. The number of hydrogen-bond donors (Lipinski definition) is 2. The van der Waals surface area contributed by atoms with Gasteiger partial charge in [-0.1, -0.05) is 37.1 Å². The Morgan fingerprint density at radius 2 is 1.69 bits per heavy atom. The Kier molecular flexibility index (Phi) is 15.8. The van der Waals surface area contributed by atoms with Gasteiger partial charge in [0.15, 0.2) is 0 Å². The molecule has 1 saturated carbocycles. The lowest BCUT2D eigenvalue weighted by Crippen LogP contribution is -2.70. The van der Waals surface area contributed by atoms with E-state index >= 15 is 0 Å². The average molecular weight is 872 g/mol. The van der Waals surface area contributed by atoms with Crippen molar-refractivity contribution in [3.05, 3.63) is 107 Å². The molecule has 0 bridgehead atoms. The highest BCUT2D eigenvalue weighted by Gasteiger charge is 2.65. The Morgan fingerprint density at radius 3 is 2.32 bits per heavy atom. The molecule has 1 amide bonds. The van der Waals surface area contributed by atoms with Gasteiger partial charge in [0.25, 0.3) is 5.69 Å². The molecule has 0 spiro atoms. The molecule has 0 saturated heterocycles. The molecule has 0 aromatic heterocycles. The maximum Gasteiger partial charge on any atom is 0.415 e. The number of benzene rings is 3. The van der Waals surface area contributed by atoms with Crippen molar-refractivity contribution in [3.8, 4) is 23.0 Å². The standard InChI is InChI=1S/C48H61N3O10S/c1-7-25-50(46(54)59-35-17-15-33(16-18-35)51(55)56)43-31-41(49-61-47(3,4)5)39-29-32(13-9-11-26-52)38(14-10-12-27-53)44-40-30-36(58-34-19-22-37(62-6)23-20-34)21-24-42(40)60-48(43,45(39)44)57-28-8-2/h8,15-24,29-30,32,38,43-45,52-53H,2,7,9-14,25-28,31H2,1,3-6H3. The van der Waals surface area contributed by atoms with Crippen LogP contribution in [0, 0.1) is 27.9 Å². The number of hydrogen-bond acceptors (Lipinski definition) is 12. The fourth-order valence-electron chi connectivity index (χ4n) is 9.09. The highest BCUT2D eigenvalue weighted by molar-refractivity contribution is 7.98. The Labute approximate surface area is 369 Å². The maximum absolute atomic E-state index is 14.6. The Balaban J connectivity index is 1.57. The molecule has 3 aliphatic rings. The zero-order chi connectivity index (χ0) is 44.4. The summed E-state index contributed by atoms with van der Waals surface area (Å²) >= 11 is 1.66. The number of thioether (sulfide) groups is 1. The number of allylic oxidation sites excluding steroid dienone is 1. The largest absolute Gasteiger partial charge is 0.459 e. The smallest absolute Gasteiger partial charge is 0.415 e. The third-order valence-corrected chi connectivity index (χ3v) is 12.4. The Morgan fingerprint density at radius 1 is 1.02 bits per heavy atom. The lowest BCUT2D eigenvalue weighted by atomic mass is 9.55. The van der Waals surface area contributed by atoms with Gasteiger partial charge >= 0.3 is 6.09 Å². The number of nitro benzene ring substituents is 1. The molecule has 13 nitrogen and oxygen atoms in total. The summed E-state index contributed by atoms with van der Waals surface area (Å²) < 4.78 is 26.9. The molecule has 6 unspecified atom stereocenters. The van der Waals surface area contributed by atoms with Crippen LogP contribution in [-0.2, 0) is 9.57 Å². The lowest BCUT2D eigenvalue weighted by Gasteiger charge is -2.60. The van der Waals surface area contributed by atoms with Crippen LogP contribution in [0.1, 0.15) is 90.5 Å². The number of non-ortho nitro benzene ring substituents is 1. The van der Waals surface area contributed by atoms with Gasteiger partial charge in [-0.15, -0.1) is 18.3 Å². The van der Waals surface area contributed by atoms with Crippen LogP contribution in [0.15, 0.2) is 101 Å². The number of carbonyl (C=O) groups is 1. The molecule has 6 rings (SSSR count). The van der Waals surface area contributed by atoms with E-state index in [1.54, 1.807) is 22.7 Å². The zero-order valence-corrected chi connectivity index (χ0v) is 37.3. The number of amides is 1. The number of ether oxygens (including phenoxy) is 4. The van der Waals surface area contributed by atoms with Crippen LogP contribution in [0.2, 0.25) is 0 Å². The summed E-state index contributed by atoms with van der Waals surface area (Å²) in [4.78, 5) is 34.5.